The molecule has 1 aliphatic rings. The molecule has 7 heteroatoms. The number of hydrogen-bond donors (Lipinski definition) is 0. The van der Waals surface area contributed by atoms with Crippen molar-refractivity contribution < 1.29 is 22.1 Å². The van der Waals surface area contributed by atoms with Crippen molar-refractivity contribution in [3.05, 3.63) is 0 Å². The van der Waals surface area contributed by atoms with Gasteiger partial charge < -0.3 is 4.74 Å². The number of ether oxygens (including phenoxy) is 1. The molecule has 106 valence electrons. The van der Waals surface area contributed by atoms with E-state index in [4.69, 9.17) is 8.92 Å². The second kappa shape index (κ2) is 5.05. The van der Waals surface area contributed by atoms with Gasteiger partial charge in [-0.3, -0.25) is 4.18 Å². The number of carbonyl (C=O) groups excluding carboxylic acids is 1. The van der Waals surface area contributed by atoms with Crippen LogP contribution in [0.25, 0.3) is 0 Å². The van der Waals surface area contributed by atoms with Gasteiger partial charge in [0.05, 0.1) is 12.6 Å². The second-order valence-electron chi connectivity index (χ2n) is 5.80. The highest BCUT2D eigenvalue weighted by atomic mass is 32.2. The first-order valence-corrected chi connectivity index (χ1v) is 7.31. The van der Waals surface area contributed by atoms with Gasteiger partial charge in [-0.15, -0.1) is 0 Å². The molecule has 0 unspecified atom stereocenters. The summed E-state index contributed by atoms with van der Waals surface area (Å²) in [5.74, 6) is 0.261. The first-order valence-electron chi connectivity index (χ1n) is 5.94. The Hall–Kier alpha value is -0.820. The normalized spacial score (nSPS) is 23.4. The molecule has 1 fully saturated rings. The lowest BCUT2D eigenvalue weighted by molar-refractivity contribution is 0.0347. The molecule has 0 spiro atoms. The fraction of sp³-hybridized carbons (Fsp3) is 0.909. The maximum atomic E-state index is 11.9. The van der Waals surface area contributed by atoms with Gasteiger partial charge >= 0.3 is 16.4 Å². The van der Waals surface area contributed by atoms with Crippen molar-refractivity contribution in [1.29, 1.82) is 0 Å². The van der Waals surface area contributed by atoms with Gasteiger partial charge in [0, 0.05) is 0 Å². The minimum absolute atomic E-state index is 0.000242. The minimum Gasteiger partial charge on any atom is -0.443 e. The minimum atomic E-state index is -3.99. The Morgan fingerprint density at radius 3 is 2.44 bits per heavy atom. The van der Waals surface area contributed by atoms with Crippen LogP contribution in [0.1, 0.15) is 41.0 Å². The van der Waals surface area contributed by atoms with Crippen LogP contribution < -0.4 is 0 Å². The maximum absolute atomic E-state index is 11.9. The highest BCUT2D eigenvalue weighted by molar-refractivity contribution is 7.85. The van der Waals surface area contributed by atoms with Crippen molar-refractivity contribution in [2.45, 2.75) is 52.7 Å². The molecule has 0 saturated carbocycles. The summed E-state index contributed by atoms with van der Waals surface area (Å²) in [5.41, 5.74) is -0.739. The van der Waals surface area contributed by atoms with Gasteiger partial charge in [-0.2, -0.15) is 12.7 Å². The molecular formula is C11H21NO5S. The molecule has 1 amide bonds. The van der Waals surface area contributed by atoms with Gasteiger partial charge in [0.15, 0.2) is 0 Å². The first kappa shape index (κ1) is 15.2. The van der Waals surface area contributed by atoms with Crippen LogP contribution in [0.3, 0.4) is 0 Å². The van der Waals surface area contributed by atoms with E-state index in [0.717, 1.165) is 4.31 Å². The number of carbonyl (C=O) groups is 1. The quantitative estimate of drug-likeness (QED) is 0.772. The largest absolute Gasteiger partial charge is 0.443 e. The van der Waals surface area contributed by atoms with Crippen molar-refractivity contribution in [3.8, 4) is 0 Å². The topological polar surface area (TPSA) is 72.9 Å². The van der Waals surface area contributed by atoms with E-state index in [-0.39, 0.29) is 12.5 Å². The van der Waals surface area contributed by atoms with E-state index in [1.165, 1.54) is 0 Å². The molecule has 0 aliphatic carbocycles. The average molecular weight is 279 g/mol. The van der Waals surface area contributed by atoms with Crippen molar-refractivity contribution >= 4 is 16.4 Å². The molecule has 1 atom stereocenters. The SMILES string of the molecule is CC(C)C[C@H]1COS(=O)(=O)N1C(=O)OC(C)(C)C. The third-order valence-electron chi connectivity index (χ3n) is 2.30. The molecule has 18 heavy (non-hydrogen) atoms. The van der Waals surface area contributed by atoms with Crippen LogP contribution in [-0.4, -0.2) is 37.1 Å². The summed E-state index contributed by atoms with van der Waals surface area (Å²) in [7, 11) is -3.99. The van der Waals surface area contributed by atoms with E-state index in [9.17, 15) is 13.2 Å². The van der Waals surface area contributed by atoms with Gasteiger partial charge in [0.2, 0.25) is 0 Å². The first-order chi connectivity index (χ1) is 8.03. The molecule has 1 saturated heterocycles. The second-order valence-corrected chi connectivity index (χ2v) is 7.29. The molecule has 0 radical (unpaired) electrons. The van der Waals surface area contributed by atoms with E-state index in [1.54, 1.807) is 20.8 Å². The van der Waals surface area contributed by atoms with Crippen LogP contribution in [0.15, 0.2) is 0 Å². The van der Waals surface area contributed by atoms with E-state index < -0.39 is 28.0 Å². The van der Waals surface area contributed by atoms with E-state index in [0.29, 0.717) is 6.42 Å². The molecule has 0 aromatic carbocycles. The Balaban J connectivity index is 2.89. The van der Waals surface area contributed by atoms with E-state index in [1.807, 2.05) is 13.8 Å². The lowest BCUT2D eigenvalue weighted by Gasteiger charge is -2.26. The molecule has 0 N–H and O–H groups in total. The number of amides is 1. The highest BCUT2D eigenvalue weighted by Gasteiger charge is 2.44. The zero-order valence-corrected chi connectivity index (χ0v) is 12.3. The third-order valence-corrected chi connectivity index (χ3v) is 3.66. The highest BCUT2D eigenvalue weighted by Crippen LogP contribution is 2.26. The van der Waals surface area contributed by atoms with Gasteiger partial charge in [-0.1, -0.05) is 13.8 Å². The van der Waals surface area contributed by atoms with Crippen molar-refractivity contribution in [3.63, 3.8) is 0 Å². The third kappa shape index (κ3) is 3.84. The van der Waals surface area contributed by atoms with Gasteiger partial charge in [0.25, 0.3) is 0 Å². The summed E-state index contributed by atoms with van der Waals surface area (Å²) in [5, 5.41) is 0. The van der Waals surface area contributed by atoms with Crippen LogP contribution in [0.5, 0.6) is 0 Å². The molecule has 6 nitrogen and oxygen atoms in total. The summed E-state index contributed by atoms with van der Waals surface area (Å²) < 4.78 is 33.9. The summed E-state index contributed by atoms with van der Waals surface area (Å²) in [6.45, 7) is 8.97. The van der Waals surface area contributed by atoms with Gasteiger partial charge in [0.1, 0.15) is 5.60 Å². The standard InChI is InChI=1S/C11H21NO5S/c1-8(2)6-9-7-16-18(14,15)12(9)10(13)17-11(3,4)5/h8-9H,6-7H2,1-5H3/t9-/m0/s1. The van der Waals surface area contributed by atoms with Crippen LogP contribution in [0.4, 0.5) is 4.79 Å². The molecule has 1 rings (SSSR count). The van der Waals surface area contributed by atoms with Gasteiger partial charge in [-0.25, -0.2) is 4.79 Å². The zero-order chi connectivity index (χ0) is 14.1. The lowest BCUT2D eigenvalue weighted by atomic mass is 10.0. The Kier molecular flexibility index (Phi) is 4.27. The van der Waals surface area contributed by atoms with Crippen LogP contribution >= 0.6 is 0 Å². The summed E-state index contributed by atoms with van der Waals surface area (Å²) >= 11 is 0. The van der Waals surface area contributed by atoms with Crippen molar-refractivity contribution in [2.24, 2.45) is 5.92 Å². The monoisotopic (exact) mass is 279 g/mol. The Morgan fingerprint density at radius 1 is 1.44 bits per heavy atom. The van der Waals surface area contributed by atoms with Crippen LogP contribution in [0.2, 0.25) is 0 Å². The van der Waals surface area contributed by atoms with Crippen molar-refractivity contribution in [2.75, 3.05) is 6.61 Å². The zero-order valence-electron chi connectivity index (χ0n) is 11.5. The predicted molar refractivity (Wildman–Crippen MR) is 66.2 cm³/mol. The fourth-order valence-electron chi connectivity index (χ4n) is 1.73. The molecule has 1 aliphatic heterocycles. The molecular weight excluding hydrogens is 258 g/mol. The van der Waals surface area contributed by atoms with Crippen LogP contribution in [-0.2, 0) is 19.2 Å². The smallest absolute Gasteiger partial charge is 0.426 e. The lowest BCUT2D eigenvalue weighted by Crippen LogP contribution is -2.43. The maximum Gasteiger partial charge on any atom is 0.426 e. The van der Waals surface area contributed by atoms with Crippen LogP contribution in [0, 0.1) is 5.92 Å². The molecule has 1 heterocycles. The Morgan fingerprint density at radius 2 is 2.00 bits per heavy atom. The number of nitrogens with zero attached hydrogens (tertiary/aromatic N) is 1. The molecule has 0 aromatic heterocycles. The average Bonchev–Trinajstić information content (AvgIpc) is 2.36. The van der Waals surface area contributed by atoms with Crippen molar-refractivity contribution in [1.82, 2.24) is 4.31 Å². The number of rotatable bonds is 2. The molecule has 0 bridgehead atoms. The molecule has 0 aromatic rings. The Bertz CT molecular complexity index is 410. The summed E-state index contributed by atoms with van der Waals surface area (Å²) in [6.07, 6.45) is -0.316. The van der Waals surface area contributed by atoms with Gasteiger partial charge in [-0.05, 0) is 33.1 Å². The summed E-state index contributed by atoms with van der Waals surface area (Å²) in [6, 6.07) is -0.482. The Labute approximate surface area is 109 Å². The predicted octanol–water partition coefficient (Wildman–Crippen LogP) is 1.91. The fourth-order valence-corrected chi connectivity index (χ4v) is 2.90. The van der Waals surface area contributed by atoms with E-state index in [2.05, 4.69) is 0 Å². The number of hydrogen-bond acceptors (Lipinski definition) is 5. The summed E-state index contributed by atoms with van der Waals surface area (Å²) in [4.78, 5) is 11.9. The van der Waals surface area contributed by atoms with E-state index >= 15 is 0 Å².